The molecule has 0 aromatic carbocycles. The Labute approximate surface area is 375 Å². The van der Waals surface area contributed by atoms with E-state index in [-0.39, 0.29) is 49.1 Å². The summed E-state index contributed by atoms with van der Waals surface area (Å²) in [6.07, 6.45) is 53.9. The lowest BCUT2D eigenvalue weighted by Crippen LogP contribution is -2.55. The smallest absolute Gasteiger partial charge is 0.306 e. The van der Waals surface area contributed by atoms with Crippen molar-refractivity contribution in [3.63, 3.8) is 0 Å². The fourth-order valence-corrected chi connectivity index (χ4v) is 7.03. The molecule has 8 nitrogen and oxygen atoms in total. The van der Waals surface area contributed by atoms with Crippen molar-refractivity contribution in [3.8, 4) is 0 Å². The molecule has 0 N–H and O–H groups in total. The number of nitrogens with zero attached hydrogens (tertiary/aromatic N) is 1. The molecule has 0 heterocycles. The molecule has 0 aliphatic heterocycles. The Balaban J connectivity index is 4.37. The molecule has 352 valence electrons. The SMILES string of the molecule is CCCCC/C=C/C/C=C/C/C=C/C/C=C/C/C=C/CCCCC(=O)OC(COCCC(C(=O)[O-])[N+](C)(C)C)COC(=O)CCCCCCCCCCCCCCCCCC. The number of quaternary nitrogens is 1. The quantitative estimate of drug-likeness (QED) is 0.0260. The number of unbranched alkanes of at least 4 members (excludes halogenated alkanes) is 20. The maximum absolute atomic E-state index is 12.8. The van der Waals surface area contributed by atoms with Gasteiger partial charge in [0.2, 0.25) is 0 Å². The fraction of sp³-hybridized carbons (Fsp3) is 0.755. The summed E-state index contributed by atoms with van der Waals surface area (Å²) < 4.78 is 17.2. The zero-order valence-corrected chi connectivity index (χ0v) is 40.1. The molecule has 8 heteroatoms. The third kappa shape index (κ3) is 42.1. The number of ether oxygens (including phenoxy) is 3. The minimum Gasteiger partial charge on any atom is -0.544 e. The molecule has 2 unspecified atom stereocenters. The molecular formula is C53H93NO7. The van der Waals surface area contributed by atoms with Gasteiger partial charge in [-0.05, 0) is 64.2 Å². The zero-order chi connectivity index (χ0) is 44.9. The van der Waals surface area contributed by atoms with E-state index in [1.54, 1.807) is 21.1 Å². The number of carbonyl (C=O) groups excluding carboxylic acids is 3. The van der Waals surface area contributed by atoms with Gasteiger partial charge in [-0.15, -0.1) is 0 Å². The Hall–Kier alpha value is -2.97. The van der Waals surface area contributed by atoms with Gasteiger partial charge in [0.1, 0.15) is 12.6 Å². The van der Waals surface area contributed by atoms with E-state index in [1.165, 1.54) is 109 Å². The highest BCUT2D eigenvalue weighted by Crippen LogP contribution is 2.15. The van der Waals surface area contributed by atoms with Gasteiger partial charge >= 0.3 is 11.9 Å². The van der Waals surface area contributed by atoms with Crippen LogP contribution in [0.5, 0.6) is 0 Å². The summed E-state index contributed by atoms with van der Waals surface area (Å²) in [4.78, 5) is 37.0. The average Bonchev–Trinajstić information content (AvgIpc) is 3.22. The number of aliphatic carboxylic acids is 1. The molecule has 0 aliphatic rings. The van der Waals surface area contributed by atoms with Crippen molar-refractivity contribution in [2.45, 2.75) is 219 Å². The number of esters is 2. The Bertz CT molecular complexity index is 1180. The Morgan fingerprint density at radius 2 is 0.869 bits per heavy atom. The summed E-state index contributed by atoms with van der Waals surface area (Å²) in [5, 5.41) is 11.6. The molecular weight excluding hydrogens is 763 g/mol. The molecule has 0 rings (SSSR count). The van der Waals surface area contributed by atoms with Crippen molar-refractivity contribution in [2.24, 2.45) is 0 Å². The lowest BCUT2D eigenvalue weighted by molar-refractivity contribution is -0.889. The maximum atomic E-state index is 12.8. The van der Waals surface area contributed by atoms with Crippen LogP contribution in [0.4, 0.5) is 0 Å². The number of carbonyl (C=O) groups is 3. The molecule has 2 atom stereocenters. The second-order valence-electron chi connectivity index (χ2n) is 17.7. The van der Waals surface area contributed by atoms with Crippen LogP contribution in [0.1, 0.15) is 206 Å². The van der Waals surface area contributed by atoms with E-state index in [0.29, 0.717) is 12.8 Å². The third-order valence-corrected chi connectivity index (χ3v) is 10.9. The van der Waals surface area contributed by atoms with Crippen LogP contribution in [0.25, 0.3) is 0 Å². The van der Waals surface area contributed by atoms with E-state index < -0.39 is 18.1 Å². The van der Waals surface area contributed by atoms with Crippen molar-refractivity contribution in [1.29, 1.82) is 0 Å². The number of carboxylic acids is 1. The van der Waals surface area contributed by atoms with Gasteiger partial charge in [0, 0.05) is 19.3 Å². The maximum Gasteiger partial charge on any atom is 0.306 e. The summed E-state index contributed by atoms with van der Waals surface area (Å²) in [7, 11) is 5.40. The predicted molar refractivity (Wildman–Crippen MR) is 254 cm³/mol. The molecule has 0 bridgehead atoms. The topological polar surface area (TPSA) is 102 Å². The minimum absolute atomic E-state index is 0.0230. The number of rotatable bonds is 44. The first-order valence-corrected chi connectivity index (χ1v) is 24.8. The second kappa shape index (κ2) is 43.7. The van der Waals surface area contributed by atoms with E-state index in [9.17, 15) is 19.5 Å². The van der Waals surface area contributed by atoms with Gasteiger partial charge in [0.15, 0.2) is 6.10 Å². The predicted octanol–water partition coefficient (Wildman–Crippen LogP) is 12.8. The van der Waals surface area contributed by atoms with Gasteiger partial charge in [-0.1, -0.05) is 184 Å². The van der Waals surface area contributed by atoms with Gasteiger partial charge in [-0.3, -0.25) is 9.59 Å². The highest BCUT2D eigenvalue weighted by Gasteiger charge is 2.25. The van der Waals surface area contributed by atoms with Crippen molar-refractivity contribution in [2.75, 3.05) is 41.0 Å². The fourth-order valence-electron chi connectivity index (χ4n) is 7.03. The number of hydrogen-bond acceptors (Lipinski definition) is 7. The van der Waals surface area contributed by atoms with E-state index >= 15 is 0 Å². The summed E-state index contributed by atoms with van der Waals surface area (Å²) >= 11 is 0. The average molecular weight is 856 g/mol. The van der Waals surface area contributed by atoms with Crippen LogP contribution in [0.3, 0.4) is 0 Å². The molecule has 0 amide bonds. The first-order valence-electron chi connectivity index (χ1n) is 24.8. The minimum atomic E-state index is -1.13. The summed E-state index contributed by atoms with van der Waals surface area (Å²) in [6, 6.07) is -0.735. The van der Waals surface area contributed by atoms with E-state index in [1.807, 2.05) is 0 Å². The molecule has 0 fully saturated rings. The van der Waals surface area contributed by atoms with Gasteiger partial charge < -0.3 is 28.6 Å². The number of hydrogen-bond donors (Lipinski definition) is 0. The summed E-state index contributed by atoms with van der Waals surface area (Å²) in [6.45, 7) is 4.60. The van der Waals surface area contributed by atoms with Crippen LogP contribution in [0, 0.1) is 0 Å². The molecule has 0 aromatic heterocycles. The van der Waals surface area contributed by atoms with Crippen molar-refractivity contribution in [1.82, 2.24) is 0 Å². The van der Waals surface area contributed by atoms with Gasteiger partial charge in [-0.25, -0.2) is 0 Å². The molecule has 0 aromatic rings. The number of carboxylic acid groups (broad SMARTS) is 1. The normalized spacial score (nSPS) is 13.4. The summed E-state index contributed by atoms with van der Waals surface area (Å²) in [5.74, 6) is -1.79. The van der Waals surface area contributed by atoms with Gasteiger partial charge in [-0.2, -0.15) is 0 Å². The first kappa shape index (κ1) is 58.0. The Morgan fingerprint density at radius 1 is 0.492 bits per heavy atom. The van der Waals surface area contributed by atoms with E-state index in [0.717, 1.165) is 57.8 Å². The van der Waals surface area contributed by atoms with Crippen LogP contribution >= 0.6 is 0 Å². The lowest BCUT2D eigenvalue weighted by atomic mass is 10.0. The largest absolute Gasteiger partial charge is 0.544 e. The molecule has 61 heavy (non-hydrogen) atoms. The first-order chi connectivity index (χ1) is 29.6. The van der Waals surface area contributed by atoms with Crippen LogP contribution in [-0.4, -0.2) is 75.5 Å². The zero-order valence-electron chi connectivity index (χ0n) is 40.1. The Morgan fingerprint density at radius 3 is 1.31 bits per heavy atom. The molecule has 0 saturated carbocycles. The van der Waals surface area contributed by atoms with Crippen molar-refractivity contribution >= 4 is 17.9 Å². The van der Waals surface area contributed by atoms with E-state index in [4.69, 9.17) is 14.2 Å². The lowest BCUT2D eigenvalue weighted by Gasteiger charge is -2.34. The standard InChI is InChI=1S/C53H93NO7/c1-6-8-10-12-14-16-18-20-22-24-25-26-27-28-30-32-34-36-38-40-42-44-52(56)61-49(47-59-46-45-50(53(57)58)54(3,4)5)48-60-51(55)43-41-39-37-35-33-31-29-23-21-19-17-15-13-11-9-7-2/h14,16,20,22,25-26,28,30,34,36,49-50H,6-13,15,17-19,21,23-24,27,29,31-33,35,37-48H2,1-5H3/b16-14+,22-20+,26-25+,30-28+,36-34+. The van der Waals surface area contributed by atoms with Gasteiger partial charge in [0.25, 0.3) is 0 Å². The molecule has 0 spiro atoms. The molecule has 0 aliphatic carbocycles. The monoisotopic (exact) mass is 856 g/mol. The number of allylic oxidation sites excluding steroid dienone is 10. The van der Waals surface area contributed by atoms with Crippen LogP contribution in [0.15, 0.2) is 60.8 Å². The highest BCUT2D eigenvalue weighted by atomic mass is 16.6. The molecule has 0 radical (unpaired) electrons. The second-order valence-corrected chi connectivity index (χ2v) is 17.7. The Kier molecular flexibility index (Phi) is 41.5. The van der Waals surface area contributed by atoms with Crippen LogP contribution < -0.4 is 5.11 Å². The highest BCUT2D eigenvalue weighted by molar-refractivity contribution is 5.70. The third-order valence-electron chi connectivity index (χ3n) is 10.9. The van der Waals surface area contributed by atoms with E-state index in [2.05, 4.69) is 74.6 Å². The summed E-state index contributed by atoms with van der Waals surface area (Å²) in [5.41, 5.74) is 0. The molecule has 0 saturated heterocycles. The number of likely N-dealkylation sites (N-methyl/N-ethyl adjacent to an activating group) is 1. The van der Waals surface area contributed by atoms with Crippen molar-refractivity contribution in [3.05, 3.63) is 60.8 Å². The van der Waals surface area contributed by atoms with Crippen molar-refractivity contribution < 1.29 is 38.2 Å². The van der Waals surface area contributed by atoms with Gasteiger partial charge in [0.05, 0.1) is 40.3 Å². The van der Waals surface area contributed by atoms with Crippen LogP contribution in [-0.2, 0) is 28.6 Å². The van der Waals surface area contributed by atoms with Crippen LogP contribution in [0.2, 0.25) is 0 Å².